The molecular formula is C43H31N5O2Pt2+2. The molecule has 0 N–H and O–H groups in total. The van der Waals surface area contributed by atoms with Crippen LogP contribution in [-0.4, -0.2) is 44.8 Å². The molecule has 1 fully saturated rings. The van der Waals surface area contributed by atoms with Crippen molar-refractivity contribution < 1.29 is 60.8 Å². The van der Waals surface area contributed by atoms with Gasteiger partial charge in [0.05, 0.1) is 0 Å². The molecule has 8 rings (SSSR count). The Labute approximate surface area is 333 Å². The molecule has 0 radical (unpaired) electrons. The number of rotatable bonds is 8. The summed E-state index contributed by atoms with van der Waals surface area (Å²) in [6.07, 6.45) is 18.1. The summed E-state index contributed by atoms with van der Waals surface area (Å²) in [6, 6.07) is 50.9. The number of aromatic nitrogens is 2. The second-order valence-corrected chi connectivity index (χ2v) is 11.5. The first-order valence-electron chi connectivity index (χ1n) is 16.2. The van der Waals surface area contributed by atoms with Crippen LogP contribution in [0, 0.1) is 42.8 Å². The summed E-state index contributed by atoms with van der Waals surface area (Å²) in [6.45, 7) is 2.16. The Hall–Kier alpha value is -5.23. The molecule has 4 aromatic carbocycles. The second-order valence-electron chi connectivity index (χ2n) is 11.5. The summed E-state index contributed by atoms with van der Waals surface area (Å²) in [5.74, 6) is 2.44. The number of ether oxygens (including phenoxy) is 2. The molecule has 1 saturated heterocycles. The molecule has 52 heavy (non-hydrogen) atoms. The van der Waals surface area contributed by atoms with Crippen LogP contribution in [0.4, 0.5) is 11.4 Å². The summed E-state index contributed by atoms with van der Waals surface area (Å²) in [5.41, 5.74) is 5.25. The van der Waals surface area contributed by atoms with Crippen LogP contribution < -0.4 is 14.4 Å². The third-order valence-corrected chi connectivity index (χ3v) is 7.93. The molecule has 7 nitrogen and oxygen atoms in total. The smallest absolute Gasteiger partial charge is 0.669 e. The van der Waals surface area contributed by atoms with Crippen molar-refractivity contribution in [2.75, 3.05) is 25.0 Å². The standard InChI is InChI=1S/C37H27N4O2.C6H4N.2Pt/c1-39-20-21-41(27-39)32-11-7-15-36(26-32)43-34-13-5-9-30(23-34)37-24-29(16-17-38-37)28-8-4-12-33(22-28)42-35-14-6-10-31(25-35)40-18-2-3-19-40;1-2-7-5-3-4-6-7;;/h4-13,15,17,20-21,24-25H,2-3,18-19H2,1H3;3-6H;;/q-3;-1;+2;+4. The maximum atomic E-state index is 6.57. The Morgan fingerprint density at radius 2 is 1.44 bits per heavy atom. The van der Waals surface area contributed by atoms with Gasteiger partial charge in [0, 0.05) is 48.5 Å². The van der Waals surface area contributed by atoms with Crippen molar-refractivity contribution in [1.29, 1.82) is 0 Å². The largest absolute Gasteiger partial charge is 4.00 e. The van der Waals surface area contributed by atoms with Crippen LogP contribution in [0.2, 0.25) is 0 Å². The predicted molar refractivity (Wildman–Crippen MR) is 191 cm³/mol. The molecule has 0 aliphatic carbocycles. The SMILES string of the molecule is C[N+]1=C=[N+](c2[c-]c(Oc3[c-]c(-c4cc(-c5[c-]c(Oc6[c-]ccc(N7CCCC7)c6)ccc5)[c-]cn4)ccc3)ccc2)C=C1.[C-]#Cn1cccc1.[Pt+2].[Pt+4]. The summed E-state index contributed by atoms with van der Waals surface area (Å²) >= 11 is 0. The van der Waals surface area contributed by atoms with Gasteiger partial charge in [0.2, 0.25) is 6.20 Å². The fourth-order valence-electron chi connectivity index (χ4n) is 5.49. The van der Waals surface area contributed by atoms with E-state index >= 15 is 0 Å². The van der Waals surface area contributed by atoms with Crippen molar-refractivity contribution in [2.24, 2.45) is 0 Å². The maximum Gasteiger partial charge on any atom is 4.00 e. The van der Waals surface area contributed by atoms with Gasteiger partial charge in [-0.15, -0.1) is 54.1 Å². The van der Waals surface area contributed by atoms with E-state index in [0.717, 1.165) is 46.8 Å². The fourth-order valence-corrected chi connectivity index (χ4v) is 5.49. The van der Waals surface area contributed by atoms with Crippen LogP contribution >= 0.6 is 0 Å². The Morgan fingerprint density at radius 1 is 0.769 bits per heavy atom. The molecular weight excluding hydrogens is 1010 g/mol. The zero-order valence-electron chi connectivity index (χ0n) is 28.1. The first-order chi connectivity index (χ1) is 24.6. The minimum atomic E-state index is 0. The zero-order chi connectivity index (χ0) is 34.1. The molecule has 0 saturated carbocycles. The van der Waals surface area contributed by atoms with Crippen molar-refractivity contribution >= 4 is 17.4 Å². The Morgan fingerprint density at radius 3 is 2.13 bits per heavy atom. The van der Waals surface area contributed by atoms with Gasteiger partial charge in [-0.1, -0.05) is 44.9 Å². The van der Waals surface area contributed by atoms with Gasteiger partial charge in [-0.3, -0.25) is 11.1 Å². The molecule has 4 heterocycles. The minimum absolute atomic E-state index is 0. The molecule has 2 aliphatic heterocycles. The van der Waals surface area contributed by atoms with Crippen LogP contribution in [-0.2, 0) is 42.1 Å². The molecule has 9 heteroatoms. The van der Waals surface area contributed by atoms with E-state index in [9.17, 15) is 0 Å². The predicted octanol–water partition coefficient (Wildman–Crippen LogP) is 8.42. The minimum Gasteiger partial charge on any atom is -0.669 e. The fraction of sp³-hybridized carbons (Fsp3) is 0.116. The Balaban J connectivity index is 0.000000523. The molecule has 258 valence electrons. The van der Waals surface area contributed by atoms with E-state index in [1.165, 1.54) is 12.8 Å². The quantitative estimate of drug-likeness (QED) is 0.0874. The van der Waals surface area contributed by atoms with Gasteiger partial charge in [0.25, 0.3) is 6.20 Å². The van der Waals surface area contributed by atoms with Crippen molar-refractivity contribution in [3.63, 3.8) is 0 Å². The van der Waals surface area contributed by atoms with Crippen molar-refractivity contribution in [3.8, 4) is 51.4 Å². The van der Waals surface area contributed by atoms with E-state index < -0.39 is 0 Å². The van der Waals surface area contributed by atoms with E-state index in [0.29, 0.717) is 23.0 Å². The molecule has 0 unspecified atom stereocenters. The van der Waals surface area contributed by atoms with Crippen LogP contribution in [0.3, 0.4) is 0 Å². The van der Waals surface area contributed by atoms with E-state index in [1.807, 2.05) is 114 Å². The first kappa shape index (κ1) is 38.0. The summed E-state index contributed by atoms with van der Waals surface area (Å²) in [7, 11) is 1.93. The van der Waals surface area contributed by atoms with Crippen LogP contribution in [0.1, 0.15) is 12.8 Å². The Bertz CT molecular complexity index is 2260. The van der Waals surface area contributed by atoms with Gasteiger partial charge < -0.3 is 30.3 Å². The van der Waals surface area contributed by atoms with E-state index in [4.69, 9.17) is 15.9 Å². The molecule has 0 amide bonds. The summed E-state index contributed by atoms with van der Waals surface area (Å²) in [4.78, 5) is 6.94. The third-order valence-electron chi connectivity index (χ3n) is 7.93. The second kappa shape index (κ2) is 18.3. The van der Waals surface area contributed by atoms with E-state index in [1.54, 1.807) is 23.2 Å². The third kappa shape index (κ3) is 9.75. The number of benzene rings is 4. The van der Waals surface area contributed by atoms with Gasteiger partial charge in [-0.05, 0) is 25.0 Å². The molecule has 2 aromatic heterocycles. The number of nitrogens with zero attached hydrogens (tertiary/aromatic N) is 5. The van der Waals surface area contributed by atoms with Gasteiger partial charge in [0.1, 0.15) is 5.69 Å². The normalized spacial score (nSPS) is 12.7. The summed E-state index contributed by atoms with van der Waals surface area (Å²) < 4.78 is 17.6. The van der Waals surface area contributed by atoms with Gasteiger partial charge in [0.15, 0.2) is 7.05 Å². The van der Waals surface area contributed by atoms with Crippen molar-refractivity contribution in [2.45, 2.75) is 12.8 Å². The average Bonchev–Trinajstić information content (AvgIpc) is 3.97. The average molecular weight is 1040 g/mol. The first-order valence-corrected chi connectivity index (χ1v) is 16.2. The van der Waals surface area contributed by atoms with Crippen molar-refractivity contribution in [3.05, 3.63) is 159 Å². The van der Waals surface area contributed by atoms with E-state index in [-0.39, 0.29) is 42.1 Å². The van der Waals surface area contributed by atoms with Crippen LogP contribution in [0.15, 0.2) is 122 Å². The molecule has 0 atom stereocenters. The molecule has 6 aromatic rings. The zero-order valence-corrected chi connectivity index (χ0v) is 32.6. The monoisotopic (exact) mass is 1040 g/mol. The molecule has 0 bridgehead atoms. The molecule has 2 aliphatic rings. The van der Waals surface area contributed by atoms with Crippen molar-refractivity contribution in [1.82, 2.24) is 9.55 Å². The van der Waals surface area contributed by atoms with Crippen LogP contribution in [0.5, 0.6) is 23.0 Å². The number of hydrogen-bond donors (Lipinski definition) is 0. The van der Waals surface area contributed by atoms with Gasteiger partial charge in [-0.25, -0.2) is 24.2 Å². The topological polar surface area (TPSA) is 45.5 Å². The number of hydrogen-bond acceptors (Lipinski definition) is 4. The number of anilines is 1. The van der Waals surface area contributed by atoms with Gasteiger partial charge >= 0.3 is 48.1 Å². The van der Waals surface area contributed by atoms with Crippen LogP contribution in [0.25, 0.3) is 22.4 Å². The maximum absolute atomic E-state index is 6.57. The summed E-state index contributed by atoms with van der Waals surface area (Å²) in [5, 5.41) is 0. The van der Waals surface area contributed by atoms with E-state index in [2.05, 4.69) is 58.3 Å². The van der Waals surface area contributed by atoms with Gasteiger partial charge in [-0.2, -0.15) is 24.3 Å². The Kier molecular flexibility index (Phi) is 13.4. The number of pyridine rings is 1. The molecule has 0 spiro atoms.